The van der Waals surface area contributed by atoms with Crippen LogP contribution in [-0.2, 0) is 24.8 Å². The van der Waals surface area contributed by atoms with Crippen molar-refractivity contribution < 1.29 is 39.9 Å². The molecule has 14 heteroatoms. The largest absolute Gasteiger partial charge is 0.493 e. The van der Waals surface area contributed by atoms with E-state index in [9.17, 15) is 30.4 Å². The van der Waals surface area contributed by atoms with Crippen molar-refractivity contribution in [1.82, 2.24) is 0 Å². The van der Waals surface area contributed by atoms with Crippen LogP contribution in [0.15, 0.2) is 101 Å². The van der Waals surface area contributed by atoms with Gasteiger partial charge >= 0.3 is 0 Å². The van der Waals surface area contributed by atoms with Gasteiger partial charge in [0.1, 0.15) is 18.2 Å². The van der Waals surface area contributed by atoms with Gasteiger partial charge < -0.3 is 14.8 Å². The maximum Gasteiger partial charge on any atom is 0.264 e. The maximum absolute atomic E-state index is 13.7. The average Bonchev–Trinajstić information content (AvgIpc) is 2.97. The van der Waals surface area contributed by atoms with E-state index in [2.05, 4.69) is 10.0 Å². The fraction of sp³-hybridized carbons (Fsp3) is 0.107. The van der Waals surface area contributed by atoms with Gasteiger partial charge in [0.15, 0.2) is 11.5 Å². The predicted octanol–water partition coefficient (Wildman–Crippen LogP) is 4.62. The maximum atomic E-state index is 13.7. The Balaban J connectivity index is 1.55. The molecular weight excluding hydrogens is 592 g/mol. The molecule has 1 amide bonds. The molecule has 0 aliphatic heterocycles. The molecule has 4 rings (SSSR count). The van der Waals surface area contributed by atoms with Gasteiger partial charge in [-0.05, 0) is 84.9 Å². The number of carbonyl (C=O) groups is 1. The van der Waals surface area contributed by atoms with Crippen LogP contribution >= 0.6 is 0 Å². The fourth-order valence-electron chi connectivity index (χ4n) is 3.81. The number of hydrogen-bond donors (Lipinski definition) is 2. The van der Waals surface area contributed by atoms with Crippen LogP contribution in [0.1, 0.15) is 0 Å². The normalized spacial score (nSPS) is 11.4. The SMILES string of the molecule is COc1ccc(S(=O)(=O)N(CC(=O)Nc2ccc(S(=O)(=O)Nc3ccc(F)cc3)cc2)c2ccc(F)cc2)cc1OC. The van der Waals surface area contributed by atoms with Gasteiger partial charge in [-0.2, -0.15) is 0 Å². The number of hydrogen-bond acceptors (Lipinski definition) is 7. The van der Waals surface area contributed by atoms with E-state index >= 15 is 0 Å². The predicted molar refractivity (Wildman–Crippen MR) is 153 cm³/mol. The minimum absolute atomic E-state index is 0.0228. The molecule has 0 aliphatic carbocycles. The van der Waals surface area contributed by atoms with Crippen molar-refractivity contribution in [3.05, 3.63) is 103 Å². The van der Waals surface area contributed by atoms with Crippen LogP contribution < -0.4 is 23.8 Å². The van der Waals surface area contributed by atoms with Crippen LogP contribution in [0.5, 0.6) is 11.5 Å². The topological polar surface area (TPSA) is 131 Å². The molecule has 220 valence electrons. The van der Waals surface area contributed by atoms with Gasteiger partial charge in [-0.1, -0.05) is 0 Å². The Hall–Kier alpha value is -4.69. The number of nitrogens with one attached hydrogen (secondary N) is 2. The minimum Gasteiger partial charge on any atom is -0.493 e. The highest BCUT2D eigenvalue weighted by Crippen LogP contribution is 2.32. The van der Waals surface area contributed by atoms with Gasteiger partial charge in [0.05, 0.1) is 29.7 Å². The molecular formula is C28H25F2N3O7S2. The molecule has 0 aliphatic rings. The van der Waals surface area contributed by atoms with Gasteiger partial charge in [0.2, 0.25) is 5.91 Å². The zero-order chi connectivity index (χ0) is 30.5. The van der Waals surface area contributed by atoms with E-state index < -0.39 is 44.1 Å². The third-order valence-corrected chi connectivity index (χ3v) is 9.06. The molecule has 0 saturated carbocycles. The summed E-state index contributed by atoms with van der Waals surface area (Å²) < 4.78 is 92.9. The summed E-state index contributed by atoms with van der Waals surface area (Å²) in [7, 11) is -5.64. The summed E-state index contributed by atoms with van der Waals surface area (Å²) >= 11 is 0. The van der Waals surface area contributed by atoms with Gasteiger partial charge in [-0.3, -0.25) is 13.8 Å². The lowest BCUT2D eigenvalue weighted by molar-refractivity contribution is -0.114. The summed E-state index contributed by atoms with van der Waals surface area (Å²) in [5.74, 6) is -1.45. The molecule has 42 heavy (non-hydrogen) atoms. The number of nitrogens with zero attached hydrogens (tertiary/aromatic N) is 1. The number of benzene rings is 4. The molecule has 0 saturated heterocycles. The van der Waals surface area contributed by atoms with E-state index in [0.29, 0.717) is 5.75 Å². The van der Waals surface area contributed by atoms with Crippen molar-refractivity contribution in [1.29, 1.82) is 0 Å². The van der Waals surface area contributed by atoms with E-state index in [-0.39, 0.29) is 32.6 Å². The Labute approximate surface area is 241 Å². The number of rotatable bonds is 11. The summed E-state index contributed by atoms with van der Waals surface area (Å²) in [4.78, 5) is 12.7. The van der Waals surface area contributed by atoms with Crippen molar-refractivity contribution in [2.75, 3.05) is 35.1 Å². The lowest BCUT2D eigenvalue weighted by atomic mass is 10.3. The molecule has 0 bridgehead atoms. The third-order valence-electron chi connectivity index (χ3n) is 5.89. The van der Waals surface area contributed by atoms with Crippen LogP contribution in [0.25, 0.3) is 0 Å². The van der Waals surface area contributed by atoms with Crippen molar-refractivity contribution in [3.8, 4) is 11.5 Å². The monoisotopic (exact) mass is 617 g/mol. The standard InChI is InChI=1S/C28H25F2N3O7S2/c1-39-26-16-15-25(17-27(26)40-2)42(37,38)33(23-11-5-20(30)6-12-23)18-28(34)31-21-9-13-24(14-10-21)41(35,36)32-22-7-3-19(29)4-8-22/h3-17,32H,18H2,1-2H3,(H,31,34). The smallest absolute Gasteiger partial charge is 0.264 e. The first kappa shape index (κ1) is 30.3. The highest BCUT2D eigenvalue weighted by molar-refractivity contribution is 7.93. The molecule has 4 aromatic carbocycles. The van der Waals surface area contributed by atoms with Crippen molar-refractivity contribution >= 4 is 43.0 Å². The quantitative estimate of drug-likeness (QED) is 0.251. The first-order valence-electron chi connectivity index (χ1n) is 12.1. The lowest BCUT2D eigenvalue weighted by Crippen LogP contribution is -2.38. The number of ether oxygens (including phenoxy) is 2. The van der Waals surface area contributed by atoms with E-state index in [1.54, 1.807) is 0 Å². The van der Waals surface area contributed by atoms with Crippen LogP contribution in [-0.4, -0.2) is 43.5 Å². The van der Waals surface area contributed by atoms with E-state index in [4.69, 9.17) is 9.47 Å². The van der Waals surface area contributed by atoms with E-state index in [1.165, 1.54) is 80.9 Å². The summed E-state index contributed by atoms with van der Waals surface area (Å²) in [6, 6.07) is 18.3. The number of carbonyl (C=O) groups excluding carboxylic acids is 1. The zero-order valence-electron chi connectivity index (χ0n) is 22.2. The molecule has 4 aromatic rings. The van der Waals surface area contributed by atoms with Crippen molar-refractivity contribution in [2.45, 2.75) is 9.79 Å². The molecule has 10 nitrogen and oxygen atoms in total. The first-order valence-corrected chi connectivity index (χ1v) is 15.0. The number of amides is 1. The van der Waals surface area contributed by atoms with Crippen LogP contribution in [0.4, 0.5) is 25.8 Å². The number of halogens is 2. The zero-order valence-corrected chi connectivity index (χ0v) is 23.9. The Morgan fingerprint density at radius 1 is 0.714 bits per heavy atom. The highest BCUT2D eigenvalue weighted by atomic mass is 32.2. The number of sulfonamides is 2. The van der Waals surface area contributed by atoms with Gasteiger partial charge in [0, 0.05) is 17.4 Å². The van der Waals surface area contributed by atoms with Crippen LogP contribution in [0.3, 0.4) is 0 Å². The second-order valence-corrected chi connectivity index (χ2v) is 12.2. The van der Waals surface area contributed by atoms with E-state index in [0.717, 1.165) is 28.6 Å². The van der Waals surface area contributed by atoms with Gasteiger partial charge in [0.25, 0.3) is 20.0 Å². The lowest BCUT2D eigenvalue weighted by Gasteiger charge is -2.24. The summed E-state index contributed by atoms with van der Waals surface area (Å²) in [6.07, 6.45) is 0. The molecule has 0 radical (unpaired) electrons. The Morgan fingerprint density at radius 3 is 1.81 bits per heavy atom. The molecule has 0 atom stereocenters. The Bertz CT molecular complexity index is 1780. The average molecular weight is 618 g/mol. The van der Waals surface area contributed by atoms with Crippen LogP contribution in [0, 0.1) is 11.6 Å². The Kier molecular flexibility index (Phi) is 8.97. The van der Waals surface area contributed by atoms with Crippen molar-refractivity contribution in [2.24, 2.45) is 0 Å². The highest BCUT2D eigenvalue weighted by Gasteiger charge is 2.28. The second kappa shape index (κ2) is 12.4. The molecule has 0 fully saturated rings. The third kappa shape index (κ3) is 6.95. The van der Waals surface area contributed by atoms with Crippen LogP contribution in [0.2, 0.25) is 0 Å². The number of anilines is 3. The molecule has 0 unspecified atom stereocenters. The number of methoxy groups -OCH3 is 2. The van der Waals surface area contributed by atoms with Gasteiger partial charge in [-0.25, -0.2) is 25.6 Å². The summed E-state index contributed by atoms with van der Waals surface area (Å²) in [5.41, 5.74) is 0.364. The van der Waals surface area contributed by atoms with Gasteiger partial charge in [-0.15, -0.1) is 0 Å². The van der Waals surface area contributed by atoms with E-state index in [1.807, 2.05) is 0 Å². The minimum atomic E-state index is -4.37. The fourth-order valence-corrected chi connectivity index (χ4v) is 6.30. The molecule has 0 heterocycles. The first-order chi connectivity index (χ1) is 19.9. The molecule has 0 aromatic heterocycles. The van der Waals surface area contributed by atoms with Crippen molar-refractivity contribution in [3.63, 3.8) is 0 Å². The molecule has 2 N–H and O–H groups in total. The summed E-state index contributed by atoms with van der Waals surface area (Å²) in [6.45, 7) is -0.700. The second-order valence-electron chi connectivity index (χ2n) is 8.69. The molecule has 0 spiro atoms. The Morgan fingerprint density at radius 2 is 1.24 bits per heavy atom. The summed E-state index contributed by atoms with van der Waals surface area (Å²) in [5, 5.41) is 2.53.